The number of nitrogens with zero attached hydrogens (tertiary/aromatic N) is 1. The van der Waals surface area contributed by atoms with E-state index in [1.807, 2.05) is 0 Å². The van der Waals surface area contributed by atoms with Crippen molar-refractivity contribution >= 4 is 21.9 Å². The molecule has 0 aromatic rings. The van der Waals surface area contributed by atoms with Crippen LogP contribution in [0, 0.1) is 0 Å². The molecule has 0 aliphatic carbocycles. The lowest BCUT2D eigenvalue weighted by Gasteiger charge is -2.17. The summed E-state index contributed by atoms with van der Waals surface area (Å²) >= 11 is 0. The highest BCUT2D eigenvalue weighted by molar-refractivity contribution is 7.89. The zero-order valence-corrected chi connectivity index (χ0v) is 11.9. The van der Waals surface area contributed by atoms with E-state index < -0.39 is 22.0 Å². The fourth-order valence-corrected chi connectivity index (χ4v) is 2.56. The molecule has 0 bridgehead atoms. The van der Waals surface area contributed by atoms with Crippen LogP contribution >= 0.6 is 0 Å². The normalized spacial score (nSPS) is 12.9. The van der Waals surface area contributed by atoms with Crippen LogP contribution in [0.25, 0.3) is 0 Å². The Morgan fingerprint density at radius 1 is 1.33 bits per heavy atom. The lowest BCUT2D eigenvalue weighted by Crippen LogP contribution is -2.44. The third-order valence-electron chi connectivity index (χ3n) is 2.19. The van der Waals surface area contributed by atoms with Gasteiger partial charge in [0.15, 0.2) is 0 Å². The molecule has 0 spiro atoms. The highest BCUT2D eigenvalue weighted by Gasteiger charge is 2.21. The molecule has 0 aliphatic rings. The summed E-state index contributed by atoms with van der Waals surface area (Å²) < 4.78 is 29.9. The van der Waals surface area contributed by atoms with Crippen molar-refractivity contribution in [1.29, 1.82) is 0 Å². The number of nitrogens with one attached hydrogen (secondary N) is 1. The van der Waals surface area contributed by atoms with Crippen molar-refractivity contribution in [3.63, 3.8) is 0 Å². The van der Waals surface area contributed by atoms with Crippen molar-refractivity contribution in [2.45, 2.75) is 25.8 Å². The molecule has 18 heavy (non-hydrogen) atoms. The number of esters is 1. The minimum absolute atomic E-state index is 0.0351. The number of hydrogen-bond acceptors (Lipinski definition) is 5. The largest absolute Gasteiger partial charge is 0.469 e. The maximum Gasteiger partial charge on any atom is 0.305 e. The summed E-state index contributed by atoms with van der Waals surface area (Å²) in [5.41, 5.74) is 0. The first-order valence-electron chi connectivity index (χ1n) is 5.47. The van der Waals surface area contributed by atoms with Crippen LogP contribution in [-0.2, 0) is 24.3 Å². The second kappa shape index (κ2) is 7.32. The molecule has 0 aromatic heterocycles. The summed E-state index contributed by atoms with van der Waals surface area (Å²) in [7, 11) is 0.766. The van der Waals surface area contributed by atoms with Crippen molar-refractivity contribution < 1.29 is 22.7 Å². The van der Waals surface area contributed by atoms with Crippen LogP contribution in [0.5, 0.6) is 0 Å². The van der Waals surface area contributed by atoms with Crippen LogP contribution in [-0.4, -0.2) is 58.2 Å². The predicted molar refractivity (Wildman–Crippen MR) is 66.3 cm³/mol. The zero-order valence-electron chi connectivity index (χ0n) is 11.1. The summed E-state index contributed by atoms with van der Waals surface area (Å²) in [6.45, 7) is 1.47. The number of amides is 1. The minimum atomic E-state index is -3.57. The summed E-state index contributed by atoms with van der Waals surface area (Å²) in [6.07, 6.45) is 0.193. The Bertz CT molecular complexity index is 391. The summed E-state index contributed by atoms with van der Waals surface area (Å²) in [5.74, 6) is -0.998. The fourth-order valence-electron chi connectivity index (χ4n) is 1.27. The second-order valence-electron chi connectivity index (χ2n) is 4.07. The number of ether oxygens (including phenoxy) is 1. The summed E-state index contributed by atoms with van der Waals surface area (Å²) in [4.78, 5) is 23.6. The van der Waals surface area contributed by atoms with Gasteiger partial charge in [-0.15, -0.1) is 0 Å². The minimum Gasteiger partial charge on any atom is -0.469 e. The Balaban J connectivity index is 4.23. The first-order valence-corrected chi connectivity index (χ1v) is 7.13. The van der Waals surface area contributed by atoms with Crippen molar-refractivity contribution in [2.75, 3.05) is 27.0 Å². The van der Waals surface area contributed by atoms with Gasteiger partial charge in [-0.05, 0) is 13.3 Å². The van der Waals surface area contributed by atoms with E-state index in [1.54, 1.807) is 14.1 Å². The Kier molecular flexibility index (Phi) is 6.85. The van der Waals surface area contributed by atoms with Gasteiger partial charge in [-0.25, -0.2) is 13.1 Å². The first-order chi connectivity index (χ1) is 8.19. The van der Waals surface area contributed by atoms with E-state index in [1.165, 1.54) is 18.9 Å². The lowest BCUT2D eigenvalue weighted by molar-refractivity contribution is -0.140. The molecule has 1 amide bonds. The monoisotopic (exact) mass is 280 g/mol. The fraction of sp³-hybridized carbons (Fsp3) is 0.800. The van der Waals surface area contributed by atoms with Gasteiger partial charge in [0.1, 0.15) is 0 Å². The number of hydrogen-bond donors (Lipinski definition) is 1. The molecule has 7 nitrogen and oxygen atoms in total. The Labute approximate surface area is 108 Å². The highest BCUT2D eigenvalue weighted by Crippen LogP contribution is 1.99. The van der Waals surface area contributed by atoms with E-state index in [0.29, 0.717) is 0 Å². The van der Waals surface area contributed by atoms with Gasteiger partial charge < -0.3 is 9.64 Å². The van der Waals surface area contributed by atoms with Gasteiger partial charge in [-0.2, -0.15) is 0 Å². The maximum absolute atomic E-state index is 11.6. The molecule has 0 fully saturated rings. The molecule has 1 N–H and O–H groups in total. The molecule has 0 saturated heterocycles. The molecule has 0 aliphatic heterocycles. The molecule has 106 valence electrons. The molecule has 0 heterocycles. The number of carbonyl (C=O) groups excluding carboxylic acids is 2. The summed E-state index contributed by atoms with van der Waals surface area (Å²) in [5, 5.41) is 0. The molecular weight excluding hydrogens is 260 g/mol. The van der Waals surface area contributed by atoms with Crippen molar-refractivity contribution in [3.05, 3.63) is 0 Å². The van der Waals surface area contributed by atoms with Crippen molar-refractivity contribution in [3.8, 4) is 0 Å². The molecule has 0 aromatic carbocycles. The molecule has 1 atom stereocenters. The summed E-state index contributed by atoms with van der Waals surface area (Å²) in [6, 6.07) is -0.817. The second-order valence-corrected chi connectivity index (χ2v) is 5.94. The quantitative estimate of drug-likeness (QED) is 0.625. The smallest absolute Gasteiger partial charge is 0.305 e. The molecule has 1 unspecified atom stereocenters. The van der Waals surface area contributed by atoms with Crippen molar-refractivity contribution in [1.82, 2.24) is 9.62 Å². The van der Waals surface area contributed by atoms with Crippen LogP contribution in [0.4, 0.5) is 0 Å². The number of rotatable bonds is 7. The SMILES string of the molecule is COC(=O)CCCS(=O)(=O)NC(C)C(=O)N(C)C. The Morgan fingerprint density at radius 3 is 2.33 bits per heavy atom. The zero-order chi connectivity index (χ0) is 14.3. The highest BCUT2D eigenvalue weighted by atomic mass is 32.2. The standard InChI is InChI=1S/C10H20N2O5S/c1-8(10(14)12(2)3)11-18(15,16)7-5-6-9(13)17-4/h8,11H,5-7H2,1-4H3. The van der Waals surface area contributed by atoms with Crippen LogP contribution < -0.4 is 4.72 Å². The number of carbonyl (C=O) groups is 2. The topological polar surface area (TPSA) is 92.8 Å². The maximum atomic E-state index is 11.6. The third kappa shape index (κ3) is 6.55. The Morgan fingerprint density at radius 2 is 1.89 bits per heavy atom. The predicted octanol–water partition coefficient (Wildman–Crippen LogP) is -0.664. The number of sulfonamides is 1. The lowest BCUT2D eigenvalue weighted by atomic mass is 10.3. The molecule has 0 saturated carbocycles. The Hall–Kier alpha value is -1.15. The van der Waals surface area contributed by atoms with Gasteiger partial charge in [0, 0.05) is 20.5 Å². The van der Waals surface area contributed by atoms with E-state index in [9.17, 15) is 18.0 Å². The average Bonchev–Trinajstić information content (AvgIpc) is 2.26. The molecule has 0 rings (SSSR count). The van der Waals surface area contributed by atoms with Crippen LogP contribution in [0.15, 0.2) is 0 Å². The van der Waals surface area contributed by atoms with E-state index in [2.05, 4.69) is 9.46 Å². The van der Waals surface area contributed by atoms with Crippen LogP contribution in [0.3, 0.4) is 0 Å². The van der Waals surface area contributed by atoms with E-state index in [-0.39, 0.29) is 24.5 Å². The average molecular weight is 280 g/mol. The van der Waals surface area contributed by atoms with Gasteiger partial charge in [-0.1, -0.05) is 0 Å². The molecular formula is C10H20N2O5S. The van der Waals surface area contributed by atoms with E-state index >= 15 is 0 Å². The first kappa shape index (κ1) is 16.9. The van der Waals surface area contributed by atoms with E-state index in [0.717, 1.165) is 0 Å². The number of methoxy groups -OCH3 is 1. The third-order valence-corrected chi connectivity index (χ3v) is 3.73. The van der Waals surface area contributed by atoms with Gasteiger partial charge in [0.2, 0.25) is 15.9 Å². The van der Waals surface area contributed by atoms with Crippen LogP contribution in [0.2, 0.25) is 0 Å². The van der Waals surface area contributed by atoms with Gasteiger partial charge >= 0.3 is 5.97 Å². The van der Waals surface area contributed by atoms with E-state index in [4.69, 9.17) is 0 Å². The van der Waals surface area contributed by atoms with Gasteiger partial charge in [0.25, 0.3) is 0 Å². The molecule has 8 heteroatoms. The van der Waals surface area contributed by atoms with Crippen LogP contribution in [0.1, 0.15) is 19.8 Å². The van der Waals surface area contributed by atoms with Gasteiger partial charge in [0.05, 0.1) is 18.9 Å². The molecule has 0 radical (unpaired) electrons. The number of likely N-dealkylation sites (N-methyl/N-ethyl adjacent to an activating group) is 1. The van der Waals surface area contributed by atoms with Gasteiger partial charge in [-0.3, -0.25) is 9.59 Å². The van der Waals surface area contributed by atoms with Crippen molar-refractivity contribution in [2.24, 2.45) is 0 Å².